The third kappa shape index (κ3) is 5.84. The largest absolute Gasteiger partial charge is 0.394 e. The van der Waals surface area contributed by atoms with E-state index < -0.39 is 0 Å². The number of anilines is 3. The van der Waals surface area contributed by atoms with Crippen molar-refractivity contribution in [3.63, 3.8) is 0 Å². The maximum Gasteiger partial charge on any atom is 0.254 e. The molecule has 0 aromatic heterocycles. The van der Waals surface area contributed by atoms with Crippen LogP contribution in [0.1, 0.15) is 45.5 Å². The van der Waals surface area contributed by atoms with Gasteiger partial charge in [-0.3, -0.25) is 4.79 Å². The Morgan fingerprint density at radius 2 is 1.54 bits per heavy atom. The number of aryl methyl sites for hydroxylation is 2. The molecule has 210 valence electrons. The van der Waals surface area contributed by atoms with Crippen molar-refractivity contribution in [1.29, 1.82) is 10.5 Å². The number of nitrogens with zero attached hydrogens (tertiary/aromatic N) is 5. The van der Waals surface area contributed by atoms with Crippen LogP contribution in [-0.4, -0.2) is 67.3 Å². The first-order valence-corrected chi connectivity index (χ1v) is 14.2. The van der Waals surface area contributed by atoms with Gasteiger partial charge in [-0.2, -0.15) is 10.5 Å². The van der Waals surface area contributed by atoms with Crippen LogP contribution < -0.4 is 15.1 Å². The normalized spacial score (nSPS) is 17.6. The zero-order valence-corrected chi connectivity index (χ0v) is 23.7. The Bertz CT molecular complexity index is 1500. The summed E-state index contributed by atoms with van der Waals surface area (Å²) in [5, 5.41) is 32.9. The molecule has 2 aliphatic heterocycles. The number of carbonyl (C=O) groups is 1. The summed E-state index contributed by atoms with van der Waals surface area (Å²) in [5.74, 6) is -0.0415. The lowest BCUT2D eigenvalue weighted by atomic mass is 9.99. The molecule has 0 unspecified atom stereocenters. The maximum absolute atomic E-state index is 13.8. The van der Waals surface area contributed by atoms with Crippen molar-refractivity contribution in [3.05, 3.63) is 88.5 Å². The Hall–Kier alpha value is -4.53. The van der Waals surface area contributed by atoms with Gasteiger partial charge in [-0.1, -0.05) is 30.3 Å². The number of aliphatic hydroxyl groups excluding tert-OH is 1. The summed E-state index contributed by atoms with van der Waals surface area (Å²) in [7, 11) is 0. The van der Waals surface area contributed by atoms with Crippen LogP contribution in [0.4, 0.5) is 17.1 Å². The summed E-state index contributed by atoms with van der Waals surface area (Å²) < 4.78 is 0. The number of piperazine rings is 1. The Balaban J connectivity index is 1.27. The molecule has 0 aliphatic carbocycles. The molecule has 8 nitrogen and oxygen atoms in total. The number of amides is 1. The smallest absolute Gasteiger partial charge is 0.254 e. The number of hydrogen-bond acceptors (Lipinski definition) is 7. The zero-order valence-electron chi connectivity index (χ0n) is 23.7. The molecule has 1 atom stereocenters. The quantitative estimate of drug-likeness (QED) is 0.469. The van der Waals surface area contributed by atoms with Crippen molar-refractivity contribution in [3.8, 4) is 12.1 Å². The summed E-state index contributed by atoms with van der Waals surface area (Å²) in [6, 6.07) is 23.7. The third-order valence-electron chi connectivity index (χ3n) is 8.34. The number of aliphatic hydroxyl groups is 1. The molecule has 5 rings (SSSR count). The molecule has 3 aromatic carbocycles. The monoisotopic (exact) mass is 548 g/mol. The molecule has 2 heterocycles. The summed E-state index contributed by atoms with van der Waals surface area (Å²) in [4.78, 5) is 19.9. The van der Waals surface area contributed by atoms with Crippen LogP contribution in [0.15, 0.2) is 60.7 Å². The van der Waals surface area contributed by atoms with Crippen LogP contribution in [-0.2, 0) is 0 Å². The molecular weight excluding hydrogens is 512 g/mol. The molecule has 2 fully saturated rings. The molecule has 2 N–H and O–H groups in total. The molecule has 41 heavy (non-hydrogen) atoms. The highest BCUT2D eigenvalue weighted by atomic mass is 16.3. The molecule has 0 spiro atoms. The molecule has 0 bridgehead atoms. The van der Waals surface area contributed by atoms with Crippen LogP contribution in [0, 0.1) is 36.5 Å². The topological polar surface area (TPSA) is 107 Å². The Kier molecular flexibility index (Phi) is 8.42. The van der Waals surface area contributed by atoms with E-state index >= 15 is 0 Å². The van der Waals surface area contributed by atoms with Crippen LogP contribution >= 0.6 is 0 Å². The number of rotatable bonds is 6. The first-order valence-electron chi connectivity index (χ1n) is 14.2. The first-order chi connectivity index (χ1) is 19.9. The lowest BCUT2D eigenvalue weighted by molar-refractivity contribution is 0.0698. The van der Waals surface area contributed by atoms with Gasteiger partial charge in [0, 0.05) is 50.0 Å². The van der Waals surface area contributed by atoms with Crippen LogP contribution in [0.25, 0.3) is 0 Å². The van der Waals surface area contributed by atoms with E-state index in [0.717, 1.165) is 54.1 Å². The van der Waals surface area contributed by atoms with Crippen molar-refractivity contribution in [2.75, 3.05) is 54.4 Å². The van der Waals surface area contributed by atoms with Gasteiger partial charge in [-0.05, 0) is 68.1 Å². The zero-order chi connectivity index (χ0) is 28.9. The van der Waals surface area contributed by atoms with Gasteiger partial charge in [-0.15, -0.1) is 0 Å². The van der Waals surface area contributed by atoms with E-state index in [4.69, 9.17) is 0 Å². The lowest BCUT2D eigenvalue weighted by Gasteiger charge is -2.42. The van der Waals surface area contributed by atoms with Crippen LogP contribution in [0.3, 0.4) is 0 Å². The second-order valence-electron chi connectivity index (χ2n) is 10.9. The van der Waals surface area contributed by atoms with Crippen LogP contribution in [0.5, 0.6) is 0 Å². The van der Waals surface area contributed by atoms with Gasteiger partial charge in [0.15, 0.2) is 0 Å². The van der Waals surface area contributed by atoms with Gasteiger partial charge >= 0.3 is 0 Å². The Morgan fingerprint density at radius 3 is 2.20 bits per heavy atom. The summed E-state index contributed by atoms with van der Waals surface area (Å²) in [5.41, 5.74) is 6.72. The fraction of sp³-hybridized carbons (Fsp3) is 0.364. The molecule has 8 heteroatoms. The second-order valence-corrected chi connectivity index (χ2v) is 10.9. The van der Waals surface area contributed by atoms with Crippen molar-refractivity contribution < 1.29 is 9.90 Å². The van der Waals surface area contributed by atoms with Crippen molar-refractivity contribution in [2.24, 2.45) is 0 Å². The molecule has 3 aromatic rings. The van der Waals surface area contributed by atoms with E-state index in [0.29, 0.717) is 36.3 Å². The molecule has 1 amide bonds. The molecule has 2 saturated heterocycles. The highest BCUT2D eigenvalue weighted by molar-refractivity contribution is 5.97. The van der Waals surface area contributed by atoms with Crippen molar-refractivity contribution >= 4 is 23.0 Å². The number of nitriles is 2. The lowest BCUT2D eigenvalue weighted by Crippen LogP contribution is -2.56. The highest BCUT2D eigenvalue weighted by Gasteiger charge is 2.32. The van der Waals surface area contributed by atoms with E-state index in [1.807, 2.05) is 65.3 Å². The fourth-order valence-electron chi connectivity index (χ4n) is 6.07. The Morgan fingerprint density at radius 1 is 0.902 bits per heavy atom. The number of benzene rings is 3. The first kappa shape index (κ1) is 28.0. The second kappa shape index (κ2) is 12.3. The van der Waals surface area contributed by atoms with E-state index in [2.05, 4.69) is 35.3 Å². The standard InChI is InChI=1S/C33H36N6O2/c1-23-17-24(2)30(36-27-11-13-37(14-12-27)31-9-5-3-7-25(31)19-34)18-29(23)33(41)38-15-16-39(28(21-38)22-40)32-10-6-4-8-26(32)20-35/h3-10,17-18,27-28,36,40H,11-16,21-22H2,1-2H3/t28-/m0/s1. The number of piperidine rings is 1. The number of hydrogen-bond donors (Lipinski definition) is 2. The van der Waals surface area contributed by atoms with Gasteiger partial charge in [0.25, 0.3) is 5.91 Å². The minimum absolute atomic E-state index is 0.0415. The van der Waals surface area contributed by atoms with Gasteiger partial charge in [0.05, 0.1) is 35.2 Å². The van der Waals surface area contributed by atoms with Gasteiger partial charge in [0.2, 0.25) is 0 Å². The van der Waals surface area contributed by atoms with Gasteiger partial charge in [-0.25, -0.2) is 0 Å². The minimum atomic E-state index is -0.290. The number of para-hydroxylation sites is 2. The summed E-state index contributed by atoms with van der Waals surface area (Å²) in [6.45, 7) is 7.07. The molecule has 2 aliphatic rings. The van der Waals surface area contributed by atoms with E-state index in [9.17, 15) is 20.4 Å². The predicted octanol–water partition coefficient (Wildman–Crippen LogP) is 4.45. The molecular formula is C33H36N6O2. The van der Waals surface area contributed by atoms with Crippen LogP contribution in [0.2, 0.25) is 0 Å². The minimum Gasteiger partial charge on any atom is -0.394 e. The number of carbonyl (C=O) groups excluding carboxylic acids is 1. The van der Waals surface area contributed by atoms with Gasteiger partial charge in [0.1, 0.15) is 12.1 Å². The van der Waals surface area contributed by atoms with Crippen molar-refractivity contribution in [1.82, 2.24) is 4.90 Å². The summed E-state index contributed by atoms with van der Waals surface area (Å²) in [6.07, 6.45) is 1.86. The fourth-order valence-corrected chi connectivity index (χ4v) is 6.07. The molecule has 0 saturated carbocycles. The average Bonchev–Trinajstić information content (AvgIpc) is 3.02. The van der Waals surface area contributed by atoms with Crippen molar-refractivity contribution in [2.45, 2.75) is 38.8 Å². The predicted molar refractivity (Wildman–Crippen MR) is 161 cm³/mol. The van der Waals surface area contributed by atoms with E-state index in [1.54, 1.807) is 6.07 Å². The highest BCUT2D eigenvalue weighted by Crippen LogP contribution is 2.29. The third-order valence-corrected chi connectivity index (χ3v) is 8.34. The molecule has 0 radical (unpaired) electrons. The SMILES string of the molecule is Cc1cc(C)c(C(=O)N2CCN(c3ccccc3C#N)[C@H](CO)C2)cc1NC1CCN(c2ccccc2C#N)CC1. The van der Waals surface area contributed by atoms with E-state index in [-0.39, 0.29) is 24.6 Å². The van der Waals surface area contributed by atoms with Gasteiger partial charge < -0.3 is 25.1 Å². The Labute approximate surface area is 242 Å². The number of nitrogens with one attached hydrogen (secondary N) is 1. The average molecular weight is 549 g/mol. The summed E-state index contributed by atoms with van der Waals surface area (Å²) >= 11 is 0. The maximum atomic E-state index is 13.8. The van der Waals surface area contributed by atoms with E-state index in [1.165, 1.54) is 0 Å².